The molecule has 15 heavy (non-hydrogen) atoms. The van der Waals surface area contributed by atoms with E-state index in [9.17, 15) is 0 Å². The minimum Gasteiger partial charge on any atom is -0.355 e. The van der Waals surface area contributed by atoms with Crippen LogP contribution in [0.2, 0.25) is 0 Å². The summed E-state index contributed by atoms with van der Waals surface area (Å²) in [4.78, 5) is 11.4. The van der Waals surface area contributed by atoms with Crippen molar-refractivity contribution in [2.75, 3.05) is 11.9 Å². The lowest BCUT2D eigenvalue weighted by Crippen LogP contribution is -2.06. The van der Waals surface area contributed by atoms with Gasteiger partial charge in [-0.2, -0.15) is 0 Å². The van der Waals surface area contributed by atoms with Crippen LogP contribution in [-0.2, 0) is 6.42 Å². The number of aromatic nitrogens is 3. The van der Waals surface area contributed by atoms with E-state index >= 15 is 0 Å². The van der Waals surface area contributed by atoms with Crippen molar-refractivity contribution >= 4 is 5.95 Å². The number of pyridine rings is 1. The molecule has 2 aromatic heterocycles. The Hall–Kier alpha value is -1.84. The molecule has 78 valence electrons. The van der Waals surface area contributed by atoms with Crippen LogP contribution in [0.4, 0.5) is 5.95 Å². The summed E-state index contributed by atoms with van der Waals surface area (Å²) in [5.41, 5.74) is 2.30. The second-order valence-electron chi connectivity index (χ2n) is 3.45. The van der Waals surface area contributed by atoms with E-state index in [1.54, 1.807) is 6.20 Å². The maximum absolute atomic E-state index is 4.16. The van der Waals surface area contributed by atoms with E-state index in [1.165, 1.54) is 5.56 Å². The third-order valence-corrected chi connectivity index (χ3v) is 2.13. The number of aryl methyl sites for hydroxylation is 1. The molecule has 0 atom stereocenters. The summed E-state index contributed by atoms with van der Waals surface area (Å²) in [5.74, 6) is 0.830. The Bertz CT molecular complexity index is 408. The minimum absolute atomic E-state index is 0.830. The largest absolute Gasteiger partial charge is 0.355 e. The second-order valence-corrected chi connectivity index (χ2v) is 3.45. The molecule has 2 rings (SSSR count). The van der Waals surface area contributed by atoms with Crippen molar-refractivity contribution in [2.45, 2.75) is 13.3 Å². The monoisotopic (exact) mass is 202 g/mol. The average molecular weight is 202 g/mol. The van der Waals surface area contributed by atoms with Gasteiger partial charge >= 0.3 is 0 Å². The number of nitrogens with one attached hydrogen (secondary N) is 2. The van der Waals surface area contributed by atoms with Gasteiger partial charge < -0.3 is 10.3 Å². The van der Waals surface area contributed by atoms with Crippen LogP contribution in [0.3, 0.4) is 0 Å². The fraction of sp³-hybridized carbons (Fsp3) is 0.273. The van der Waals surface area contributed by atoms with E-state index in [0.29, 0.717) is 0 Å². The van der Waals surface area contributed by atoms with Crippen LogP contribution >= 0.6 is 0 Å². The summed E-state index contributed by atoms with van der Waals surface area (Å²) < 4.78 is 0. The zero-order valence-electron chi connectivity index (χ0n) is 8.70. The Balaban J connectivity index is 1.80. The maximum Gasteiger partial charge on any atom is 0.200 e. The van der Waals surface area contributed by atoms with Crippen LogP contribution in [0.25, 0.3) is 0 Å². The van der Waals surface area contributed by atoms with Gasteiger partial charge in [0.1, 0.15) is 0 Å². The van der Waals surface area contributed by atoms with E-state index in [-0.39, 0.29) is 0 Å². The molecule has 0 fully saturated rings. The molecule has 0 radical (unpaired) electrons. The van der Waals surface area contributed by atoms with Gasteiger partial charge in [0.15, 0.2) is 5.95 Å². The number of anilines is 1. The topological polar surface area (TPSA) is 53.6 Å². The molecule has 0 aliphatic heterocycles. The fourth-order valence-electron chi connectivity index (χ4n) is 1.37. The van der Waals surface area contributed by atoms with Gasteiger partial charge in [-0.05, 0) is 25.0 Å². The van der Waals surface area contributed by atoms with Crippen LogP contribution in [-0.4, -0.2) is 21.5 Å². The zero-order chi connectivity index (χ0) is 10.5. The number of imidazole rings is 1. The molecule has 0 spiro atoms. The van der Waals surface area contributed by atoms with Crippen molar-refractivity contribution in [3.05, 3.63) is 42.0 Å². The zero-order valence-corrected chi connectivity index (χ0v) is 8.70. The molecule has 0 aliphatic rings. The lowest BCUT2D eigenvalue weighted by molar-refractivity contribution is 0.985. The van der Waals surface area contributed by atoms with E-state index < -0.39 is 0 Å². The van der Waals surface area contributed by atoms with Gasteiger partial charge in [-0.3, -0.25) is 4.98 Å². The number of rotatable bonds is 4. The molecular formula is C11H14N4. The molecule has 4 nitrogen and oxygen atoms in total. The fourth-order valence-corrected chi connectivity index (χ4v) is 1.37. The highest BCUT2D eigenvalue weighted by Crippen LogP contribution is 2.01. The molecule has 2 heterocycles. The first-order chi connectivity index (χ1) is 7.34. The molecular weight excluding hydrogens is 188 g/mol. The van der Waals surface area contributed by atoms with E-state index in [0.717, 1.165) is 24.6 Å². The first kappa shape index (κ1) is 9.71. The molecule has 0 aliphatic carbocycles. The van der Waals surface area contributed by atoms with Crippen molar-refractivity contribution in [3.8, 4) is 0 Å². The Morgan fingerprint density at radius 2 is 2.33 bits per heavy atom. The average Bonchev–Trinajstić information content (AvgIpc) is 2.66. The van der Waals surface area contributed by atoms with Gasteiger partial charge in [-0.15, -0.1) is 0 Å². The van der Waals surface area contributed by atoms with Crippen molar-refractivity contribution in [1.82, 2.24) is 15.0 Å². The molecule has 0 saturated carbocycles. The predicted octanol–water partition coefficient (Wildman–Crippen LogP) is 1.77. The molecule has 4 heteroatoms. The van der Waals surface area contributed by atoms with Crippen molar-refractivity contribution in [2.24, 2.45) is 0 Å². The predicted molar refractivity (Wildman–Crippen MR) is 59.8 cm³/mol. The van der Waals surface area contributed by atoms with Crippen molar-refractivity contribution < 1.29 is 0 Å². The Morgan fingerprint density at radius 3 is 3.00 bits per heavy atom. The molecule has 0 saturated heterocycles. The molecule has 0 aromatic carbocycles. The highest BCUT2D eigenvalue weighted by Gasteiger charge is 1.96. The lowest BCUT2D eigenvalue weighted by Gasteiger charge is -2.02. The summed E-state index contributed by atoms with van der Waals surface area (Å²) in [6.07, 6.45) is 6.43. The van der Waals surface area contributed by atoms with Crippen LogP contribution in [0.15, 0.2) is 30.7 Å². The number of nitrogens with zero attached hydrogens (tertiary/aromatic N) is 2. The summed E-state index contributed by atoms with van der Waals surface area (Å²) in [6, 6.07) is 4.02. The van der Waals surface area contributed by atoms with Crippen LogP contribution < -0.4 is 5.32 Å². The minimum atomic E-state index is 0.830. The van der Waals surface area contributed by atoms with Crippen LogP contribution in [0, 0.1) is 6.92 Å². The SMILES string of the molecule is Cc1cnc(NCCc2cccnc2)[nH]1. The summed E-state index contributed by atoms with van der Waals surface area (Å²) in [7, 11) is 0. The van der Waals surface area contributed by atoms with Crippen molar-refractivity contribution in [1.29, 1.82) is 0 Å². The van der Waals surface area contributed by atoms with Crippen LogP contribution in [0.5, 0.6) is 0 Å². The summed E-state index contributed by atoms with van der Waals surface area (Å²) >= 11 is 0. The molecule has 2 N–H and O–H groups in total. The highest BCUT2D eigenvalue weighted by molar-refractivity contribution is 5.26. The Kier molecular flexibility index (Phi) is 2.97. The molecule has 0 bridgehead atoms. The molecule has 0 amide bonds. The number of hydrogen-bond acceptors (Lipinski definition) is 3. The standard InChI is InChI=1S/C11H14N4/c1-9-7-14-11(15-9)13-6-4-10-3-2-5-12-8-10/h2-3,5,7-8H,4,6H2,1H3,(H2,13,14,15). The van der Waals surface area contributed by atoms with Gasteiger partial charge in [0.05, 0.1) is 0 Å². The van der Waals surface area contributed by atoms with Gasteiger partial charge in [-0.25, -0.2) is 4.98 Å². The van der Waals surface area contributed by atoms with E-state index in [4.69, 9.17) is 0 Å². The first-order valence-corrected chi connectivity index (χ1v) is 4.99. The molecule has 0 unspecified atom stereocenters. The highest BCUT2D eigenvalue weighted by atomic mass is 15.1. The number of H-pyrrole nitrogens is 1. The summed E-state index contributed by atoms with van der Waals surface area (Å²) in [5, 5.41) is 3.22. The van der Waals surface area contributed by atoms with Gasteiger partial charge in [0, 0.05) is 30.8 Å². The van der Waals surface area contributed by atoms with E-state index in [2.05, 4.69) is 26.3 Å². The van der Waals surface area contributed by atoms with Crippen molar-refractivity contribution in [3.63, 3.8) is 0 Å². The van der Waals surface area contributed by atoms with Crippen LogP contribution in [0.1, 0.15) is 11.3 Å². The second kappa shape index (κ2) is 4.59. The smallest absolute Gasteiger partial charge is 0.200 e. The third kappa shape index (κ3) is 2.80. The molecule has 2 aromatic rings. The van der Waals surface area contributed by atoms with Gasteiger partial charge in [0.25, 0.3) is 0 Å². The third-order valence-electron chi connectivity index (χ3n) is 2.13. The maximum atomic E-state index is 4.16. The number of hydrogen-bond donors (Lipinski definition) is 2. The van der Waals surface area contributed by atoms with Gasteiger partial charge in [-0.1, -0.05) is 6.07 Å². The lowest BCUT2D eigenvalue weighted by atomic mass is 10.2. The quantitative estimate of drug-likeness (QED) is 0.794. The first-order valence-electron chi connectivity index (χ1n) is 4.99. The van der Waals surface area contributed by atoms with E-state index in [1.807, 2.05) is 25.4 Å². The Labute approximate surface area is 88.8 Å². The van der Waals surface area contributed by atoms with Gasteiger partial charge in [0.2, 0.25) is 0 Å². The number of aromatic amines is 1. The summed E-state index contributed by atoms with van der Waals surface area (Å²) in [6.45, 7) is 2.85. The Morgan fingerprint density at radius 1 is 1.40 bits per heavy atom. The normalized spacial score (nSPS) is 10.2.